The standard InChI is InChI=1S/C9H9ClF/c1-6(2)7-4-3-5-8(11)9(7)10/h3-6H,1H2,2H3. The Hall–Kier alpha value is -0.560. The van der Waals surface area contributed by atoms with Crippen LogP contribution in [0, 0.1) is 12.7 Å². The molecule has 0 nitrogen and oxygen atoms in total. The van der Waals surface area contributed by atoms with Crippen LogP contribution in [0.15, 0.2) is 18.2 Å². The van der Waals surface area contributed by atoms with Crippen molar-refractivity contribution in [2.24, 2.45) is 0 Å². The molecular formula is C9H9ClF. The molecule has 0 N–H and O–H groups in total. The maximum Gasteiger partial charge on any atom is 0.142 e. The van der Waals surface area contributed by atoms with E-state index < -0.39 is 0 Å². The van der Waals surface area contributed by atoms with Gasteiger partial charge in [-0.1, -0.05) is 30.7 Å². The molecule has 0 aliphatic rings. The van der Waals surface area contributed by atoms with Gasteiger partial charge in [0.1, 0.15) is 5.82 Å². The predicted octanol–water partition coefficient (Wildman–Crippen LogP) is 3.42. The number of halogens is 2. The van der Waals surface area contributed by atoms with Crippen LogP contribution in [-0.2, 0) is 0 Å². The monoisotopic (exact) mass is 171 g/mol. The predicted molar refractivity (Wildman–Crippen MR) is 45.2 cm³/mol. The van der Waals surface area contributed by atoms with Crippen LogP contribution in [-0.4, -0.2) is 0 Å². The van der Waals surface area contributed by atoms with Crippen LogP contribution in [0.5, 0.6) is 0 Å². The average molecular weight is 172 g/mol. The van der Waals surface area contributed by atoms with Gasteiger partial charge in [-0.25, -0.2) is 4.39 Å². The first-order valence-electron chi connectivity index (χ1n) is 3.40. The fraction of sp³-hybridized carbons (Fsp3) is 0.222. The highest BCUT2D eigenvalue weighted by Gasteiger charge is 2.07. The van der Waals surface area contributed by atoms with Gasteiger partial charge in [-0.15, -0.1) is 0 Å². The molecule has 0 aromatic heterocycles. The molecule has 1 aromatic rings. The normalized spacial score (nSPS) is 10.6. The lowest BCUT2D eigenvalue weighted by molar-refractivity contribution is 0.625. The third-order valence-electron chi connectivity index (χ3n) is 1.51. The van der Waals surface area contributed by atoms with Crippen molar-refractivity contribution in [3.05, 3.63) is 41.5 Å². The Morgan fingerprint density at radius 1 is 1.55 bits per heavy atom. The van der Waals surface area contributed by atoms with E-state index in [1.807, 2.05) is 6.92 Å². The first-order chi connectivity index (χ1) is 5.13. The summed E-state index contributed by atoms with van der Waals surface area (Å²) >= 11 is 5.67. The summed E-state index contributed by atoms with van der Waals surface area (Å²) in [5.74, 6) is -0.349. The molecule has 0 fully saturated rings. The Kier molecular flexibility index (Phi) is 2.50. The molecule has 0 saturated heterocycles. The maximum absolute atomic E-state index is 12.8. The number of rotatable bonds is 1. The van der Waals surface area contributed by atoms with Crippen LogP contribution in [0.1, 0.15) is 18.4 Å². The lowest BCUT2D eigenvalue weighted by Gasteiger charge is -2.06. The lowest BCUT2D eigenvalue weighted by Crippen LogP contribution is -1.90. The molecule has 11 heavy (non-hydrogen) atoms. The van der Waals surface area contributed by atoms with Crippen molar-refractivity contribution in [1.29, 1.82) is 0 Å². The minimum Gasteiger partial charge on any atom is -0.205 e. The first-order valence-corrected chi connectivity index (χ1v) is 3.77. The summed E-state index contributed by atoms with van der Waals surface area (Å²) in [6.45, 7) is 5.64. The molecule has 59 valence electrons. The second-order valence-electron chi connectivity index (χ2n) is 2.54. The Labute approximate surface area is 71.0 Å². The average Bonchev–Trinajstić information content (AvgIpc) is 1.94. The van der Waals surface area contributed by atoms with E-state index in [-0.39, 0.29) is 16.8 Å². The zero-order chi connectivity index (χ0) is 8.43. The van der Waals surface area contributed by atoms with Crippen molar-refractivity contribution in [1.82, 2.24) is 0 Å². The highest BCUT2D eigenvalue weighted by atomic mass is 35.5. The van der Waals surface area contributed by atoms with E-state index in [0.717, 1.165) is 5.56 Å². The molecule has 0 aliphatic carbocycles. The summed E-state index contributed by atoms with van der Waals surface area (Å²) in [7, 11) is 0. The quantitative estimate of drug-likeness (QED) is 0.608. The van der Waals surface area contributed by atoms with Gasteiger partial charge in [0.05, 0.1) is 5.02 Å². The largest absolute Gasteiger partial charge is 0.205 e. The summed E-state index contributed by atoms with van der Waals surface area (Å²) in [6.07, 6.45) is 0. The smallest absolute Gasteiger partial charge is 0.142 e. The van der Waals surface area contributed by atoms with Crippen LogP contribution in [0.4, 0.5) is 4.39 Å². The van der Waals surface area contributed by atoms with Gasteiger partial charge in [-0.3, -0.25) is 0 Å². The van der Waals surface area contributed by atoms with E-state index in [0.29, 0.717) is 0 Å². The summed E-state index contributed by atoms with van der Waals surface area (Å²) in [6, 6.07) is 4.76. The van der Waals surface area contributed by atoms with Gasteiger partial charge in [-0.05, 0) is 24.5 Å². The molecule has 0 saturated carbocycles. The highest BCUT2D eigenvalue weighted by molar-refractivity contribution is 6.31. The molecule has 0 aliphatic heterocycles. The Morgan fingerprint density at radius 3 is 2.64 bits per heavy atom. The lowest BCUT2D eigenvalue weighted by atomic mass is 10.0. The van der Waals surface area contributed by atoms with Gasteiger partial charge >= 0.3 is 0 Å². The van der Waals surface area contributed by atoms with E-state index >= 15 is 0 Å². The molecule has 0 bridgehead atoms. The summed E-state index contributed by atoms with van der Waals surface area (Å²) in [5.41, 5.74) is 0.756. The minimum absolute atomic E-state index is 0.0261. The molecule has 2 heteroatoms. The molecule has 1 unspecified atom stereocenters. The van der Waals surface area contributed by atoms with Crippen molar-refractivity contribution < 1.29 is 4.39 Å². The maximum atomic E-state index is 12.8. The molecular weight excluding hydrogens is 163 g/mol. The fourth-order valence-electron chi connectivity index (χ4n) is 0.901. The third-order valence-corrected chi connectivity index (χ3v) is 1.91. The van der Waals surface area contributed by atoms with Gasteiger partial charge in [0.25, 0.3) is 0 Å². The summed E-state index contributed by atoms with van der Waals surface area (Å²) < 4.78 is 12.8. The van der Waals surface area contributed by atoms with Crippen molar-refractivity contribution in [2.45, 2.75) is 12.8 Å². The second kappa shape index (κ2) is 3.22. The fourth-order valence-corrected chi connectivity index (χ4v) is 1.21. The van der Waals surface area contributed by atoms with Gasteiger partial charge < -0.3 is 0 Å². The summed E-state index contributed by atoms with van der Waals surface area (Å²) in [4.78, 5) is 0. The molecule has 1 rings (SSSR count). The van der Waals surface area contributed by atoms with Crippen LogP contribution in [0.3, 0.4) is 0 Å². The van der Waals surface area contributed by atoms with E-state index in [2.05, 4.69) is 6.92 Å². The van der Waals surface area contributed by atoms with Crippen LogP contribution >= 0.6 is 11.6 Å². The third kappa shape index (κ3) is 1.72. The SMILES string of the molecule is [CH2]C(C)c1cccc(F)c1Cl. The highest BCUT2D eigenvalue weighted by Crippen LogP contribution is 2.25. The molecule has 1 atom stereocenters. The topological polar surface area (TPSA) is 0 Å². The van der Waals surface area contributed by atoms with E-state index in [9.17, 15) is 4.39 Å². The van der Waals surface area contributed by atoms with Crippen LogP contribution in [0.2, 0.25) is 5.02 Å². The molecule has 1 radical (unpaired) electrons. The van der Waals surface area contributed by atoms with Crippen LogP contribution < -0.4 is 0 Å². The van der Waals surface area contributed by atoms with E-state index in [1.54, 1.807) is 12.1 Å². The second-order valence-corrected chi connectivity index (χ2v) is 2.92. The Balaban J connectivity index is 3.17. The molecule has 0 amide bonds. The number of benzene rings is 1. The van der Waals surface area contributed by atoms with Gasteiger partial charge in [0.2, 0.25) is 0 Å². The van der Waals surface area contributed by atoms with Gasteiger partial charge in [-0.2, -0.15) is 0 Å². The van der Waals surface area contributed by atoms with Crippen molar-refractivity contribution in [2.75, 3.05) is 0 Å². The molecule has 0 heterocycles. The Bertz CT molecular complexity index is 256. The van der Waals surface area contributed by atoms with Gasteiger partial charge in [0.15, 0.2) is 0 Å². The van der Waals surface area contributed by atoms with Crippen LogP contribution in [0.25, 0.3) is 0 Å². The first kappa shape index (κ1) is 8.54. The molecule has 1 aromatic carbocycles. The minimum atomic E-state index is -0.375. The van der Waals surface area contributed by atoms with E-state index in [4.69, 9.17) is 11.6 Å². The van der Waals surface area contributed by atoms with Crippen molar-refractivity contribution in [3.8, 4) is 0 Å². The zero-order valence-electron chi connectivity index (χ0n) is 6.27. The summed E-state index contributed by atoms with van der Waals surface area (Å²) in [5, 5.41) is 0.190. The Morgan fingerprint density at radius 2 is 2.18 bits per heavy atom. The van der Waals surface area contributed by atoms with Crippen molar-refractivity contribution in [3.63, 3.8) is 0 Å². The zero-order valence-corrected chi connectivity index (χ0v) is 7.03. The molecule has 0 spiro atoms. The number of hydrogen-bond acceptors (Lipinski definition) is 0. The van der Waals surface area contributed by atoms with Gasteiger partial charge in [0, 0.05) is 0 Å². The van der Waals surface area contributed by atoms with Crippen molar-refractivity contribution >= 4 is 11.6 Å². The number of hydrogen-bond donors (Lipinski definition) is 0. The van der Waals surface area contributed by atoms with E-state index in [1.165, 1.54) is 6.07 Å².